The predicted octanol–water partition coefficient (Wildman–Crippen LogP) is 2.32. The maximum atomic E-state index is 13.0. The number of aromatic nitrogens is 2. The molecule has 1 aliphatic heterocycles. The van der Waals surface area contributed by atoms with E-state index in [0.717, 1.165) is 11.3 Å². The maximum Gasteiger partial charge on any atom is 0.326 e. The number of hydrogen-bond donors (Lipinski definition) is 2. The lowest BCUT2D eigenvalue weighted by Crippen LogP contribution is -2.48. The molecule has 1 unspecified atom stereocenters. The van der Waals surface area contributed by atoms with Crippen molar-refractivity contribution in [3.05, 3.63) is 65.9 Å². The van der Waals surface area contributed by atoms with E-state index in [1.807, 2.05) is 6.07 Å². The summed E-state index contributed by atoms with van der Waals surface area (Å²) in [5.74, 6) is -0.718. The van der Waals surface area contributed by atoms with Crippen LogP contribution in [0.1, 0.15) is 21.7 Å². The van der Waals surface area contributed by atoms with E-state index in [0.29, 0.717) is 17.0 Å². The molecule has 3 aromatic rings. The van der Waals surface area contributed by atoms with Crippen LogP contribution in [-0.2, 0) is 17.8 Å². The van der Waals surface area contributed by atoms with Crippen molar-refractivity contribution in [2.75, 3.05) is 0 Å². The molecule has 0 saturated carbocycles. The first-order chi connectivity index (χ1) is 12.1. The summed E-state index contributed by atoms with van der Waals surface area (Å²) >= 11 is 0. The number of fused-ring (bicyclic) bond motifs is 1. The minimum Gasteiger partial charge on any atom is -0.480 e. The van der Waals surface area contributed by atoms with Gasteiger partial charge in [-0.2, -0.15) is 0 Å². The third-order valence-electron chi connectivity index (χ3n) is 4.36. The van der Waals surface area contributed by atoms with E-state index < -0.39 is 12.0 Å². The number of carboxylic acids is 1. The van der Waals surface area contributed by atoms with Gasteiger partial charge in [-0.15, -0.1) is 0 Å². The smallest absolute Gasteiger partial charge is 0.326 e. The first-order valence-electron chi connectivity index (χ1n) is 7.82. The molecular weight excluding hydrogens is 322 g/mol. The Kier molecular flexibility index (Phi) is 3.61. The summed E-state index contributed by atoms with van der Waals surface area (Å²) in [7, 11) is 0. The van der Waals surface area contributed by atoms with E-state index in [-0.39, 0.29) is 18.9 Å². The predicted molar refractivity (Wildman–Crippen MR) is 87.7 cm³/mol. The van der Waals surface area contributed by atoms with Gasteiger partial charge >= 0.3 is 5.97 Å². The SMILES string of the molecule is O=C(O)C1Cc2nc[nH]c2CN1C(=O)c1cccc(-c2ccco2)c1. The molecule has 1 amide bonds. The standard InChI is InChI=1S/C18H15N3O4/c22-17(12-4-1-3-11(7-12)16-5-2-6-25-16)21-9-14-13(19-10-20-14)8-15(21)18(23)24/h1-7,10,15H,8-9H2,(H,19,20)(H,23,24). The summed E-state index contributed by atoms with van der Waals surface area (Å²) in [6.07, 6.45) is 3.28. The highest BCUT2D eigenvalue weighted by atomic mass is 16.4. The quantitative estimate of drug-likeness (QED) is 0.764. The van der Waals surface area contributed by atoms with Crippen LogP contribution in [0.2, 0.25) is 0 Å². The highest BCUT2D eigenvalue weighted by Crippen LogP contribution is 2.25. The Hall–Kier alpha value is -3.35. The molecule has 0 radical (unpaired) electrons. The number of carboxylic acid groups (broad SMARTS) is 1. The molecule has 7 heteroatoms. The van der Waals surface area contributed by atoms with Gasteiger partial charge in [-0.05, 0) is 24.3 Å². The van der Waals surface area contributed by atoms with Crippen molar-refractivity contribution in [2.24, 2.45) is 0 Å². The zero-order valence-electron chi connectivity index (χ0n) is 13.2. The number of amides is 1. The van der Waals surface area contributed by atoms with E-state index in [4.69, 9.17) is 4.42 Å². The molecule has 4 rings (SSSR count). The summed E-state index contributed by atoms with van der Waals surface area (Å²) in [6, 6.07) is 9.63. The number of aromatic amines is 1. The molecule has 126 valence electrons. The molecule has 7 nitrogen and oxygen atoms in total. The molecule has 25 heavy (non-hydrogen) atoms. The molecule has 0 saturated heterocycles. The Bertz CT molecular complexity index is 929. The van der Waals surface area contributed by atoms with Crippen LogP contribution in [0.3, 0.4) is 0 Å². The average molecular weight is 337 g/mol. The Balaban J connectivity index is 1.68. The van der Waals surface area contributed by atoms with Gasteiger partial charge in [0.25, 0.3) is 5.91 Å². The fourth-order valence-electron chi connectivity index (χ4n) is 3.08. The fourth-order valence-corrected chi connectivity index (χ4v) is 3.08. The van der Waals surface area contributed by atoms with Crippen molar-refractivity contribution in [1.82, 2.24) is 14.9 Å². The number of H-pyrrole nitrogens is 1. The van der Waals surface area contributed by atoms with Crippen molar-refractivity contribution in [1.29, 1.82) is 0 Å². The zero-order chi connectivity index (χ0) is 17.4. The minimum absolute atomic E-state index is 0.191. The Morgan fingerprint density at radius 3 is 2.92 bits per heavy atom. The summed E-state index contributed by atoms with van der Waals surface area (Å²) in [5, 5.41) is 9.53. The van der Waals surface area contributed by atoms with E-state index in [1.54, 1.807) is 36.6 Å². The molecule has 3 heterocycles. The summed E-state index contributed by atoms with van der Waals surface area (Å²) in [4.78, 5) is 33.1. The number of hydrogen-bond acceptors (Lipinski definition) is 4. The third kappa shape index (κ3) is 2.69. The highest BCUT2D eigenvalue weighted by Gasteiger charge is 2.36. The van der Waals surface area contributed by atoms with Gasteiger partial charge in [-0.3, -0.25) is 4.79 Å². The number of nitrogens with zero attached hydrogens (tertiary/aromatic N) is 2. The van der Waals surface area contributed by atoms with Gasteiger partial charge in [0, 0.05) is 17.5 Å². The van der Waals surface area contributed by atoms with E-state index in [1.165, 1.54) is 11.2 Å². The second kappa shape index (κ2) is 5.94. The van der Waals surface area contributed by atoms with Crippen LogP contribution in [0.4, 0.5) is 0 Å². The molecule has 2 N–H and O–H groups in total. The monoisotopic (exact) mass is 337 g/mol. The number of carbonyl (C=O) groups is 2. The molecule has 1 aliphatic rings. The Morgan fingerprint density at radius 2 is 2.16 bits per heavy atom. The van der Waals surface area contributed by atoms with E-state index in [2.05, 4.69) is 9.97 Å². The topological polar surface area (TPSA) is 99.4 Å². The summed E-state index contributed by atoms with van der Waals surface area (Å²) < 4.78 is 5.36. The van der Waals surface area contributed by atoms with Gasteiger partial charge in [0.15, 0.2) is 0 Å². The normalized spacial score (nSPS) is 16.5. The van der Waals surface area contributed by atoms with Crippen LogP contribution >= 0.6 is 0 Å². The number of furan rings is 1. The van der Waals surface area contributed by atoms with Gasteiger partial charge in [0.05, 0.1) is 30.5 Å². The van der Waals surface area contributed by atoms with Gasteiger partial charge in [0.2, 0.25) is 0 Å². The van der Waals surface area contributed by atoms with Crippen molar-refractivity contribution < 1.29 is 19.1 Å². The van der Waals surface area contributed by atoms with Crippen molar-refractivity contribution >= 4 is 11.9 Å². The lowest BCUT2D eigenvalue weighted by atomic mass is 10.0. The molecular formula is C18H15N3O4. The summed E-state index contributed by atoms with van der Waals surface area (Å²) in [5.41, 5.74) is 2.65. The first-order valence-corrected chi connectivity index (χ1v) is 7.82. The van der Waals surface area contributed by atoms with Gasteiger partial charge < -0.3 is 19.4 Å². The van der Waals surface area contributed by atoms with Crippen LogP contribution in [0.15, 0.2) is 53.4 Å². The van der Waals surface area contributed by atoms with Gasteiger partial charge in [-0.25, -0.2) is 9.78 Å². The second-order valence-corrected chi connectivity index (χ2v) is 5.88. The van der Waals surface area contributed by atoms with Gasteiger partial charge in [-0.1, -0.05) is 12.1 Å². The summed E-state index contributed by atoms with van der Waals surface area (Å²) in [6.45, 7) is 0.191. The second-order valence-electron chi connectivity index (χ2n) is 5.88. The van der Waals surface area contributed by atoms with Crippen LogP contribution in [-0.4, -0.2) is 37.9 Å². The average Bonchev–Trinajstić information content (AvgIpc) is 3.31. The number of carbonyl (C=O) groups excluding carboxylic acids is 1. The van der Waals surface area contributed by atoms with E-state index >= 15 is 0 Å². The molecule has 0 bridgehead atoms. The molecule has 0 aliphatic carbocycles. The van der Waals surface area contributed by atoms with E-state index in [9.17, 15) is 14.7 Å². The third-order valence-corrected chi connectivity index (χ3v) is 4.36. The van der Waals surface area contributed by atoms with Crippen molar-refractivity contribution in [3.8, 4) is 11.3 Å². The first kappa shape index (κ1) is 15.2. The number of imidazole rings is 1. The minimum atomic E-state index is -1.04. The number of nitrogens with one attached hydrogen (secondary N) is 1. The lowest BCUT2D eigenvalue weighted by Gasteiger charge is -2.32. The Morgan fingerprint density at radius 1 is 1.28 bits per heavy atom. The van der Waals surface area contributed by atoms with Crippen molar-refractivity contribution in [2.45, 2.75) is 19.0 Å². The van der Waals surface area contributed by atoms with Gasteiger partial charge in [0.1, 0.15) is 11.8 Å². The number of aliphatic carboxylic acids is 1. The Labute approximate surface area is 142 Å². The largest absolute Gasteiger partial charge is 0.480 e. The number of benzene rings is 1. The molecule has 2 aromatic heterocycles. The van der Waals surface area contributed by atoms with Crippen LogP contribution in [0.5, 0.6) is 0 Å². The lowest BCUT2D eigenvalue weighted by molar-refractivity contribution is -0.142. The fraction of sp³-hybridized carbons (Fsp3) is 0.167. The van der Waals surface area contributed by atoms with Crippen LogP contribution in [0.25, 0.3) is 11.3 Å². The van der Waals surface area contributed by atoms with Crippen molar-refractivity contribution in [3.63, 3.8) is 0 Å². The van der Waals surface area contributed by atoms with Crippen LogP contribution < -0.4 is 0 Å². The molecule has 0 fully saturated rings. The maximum absolute atomic E-state index is 13.0. The zero-order valence-corrected chi connectivity index (χ0v) is 13.2. The molecule has 0 spiro atoms. The number of rotatable bonds is 3. The highest BCUT2D eigenvalue weighted by molar-refractivity contribution is 5.97. The molecule has 1 aromatic carbocycles. The van der Waals surface area contributed by atoms with Crippen LogP contribution in [0, 0.1) is 0 Å². The molecule has 1 atom stereocenters.